The summed E-state index contributed by atoms with van der Waals surface area (Å²) in [5.41, 5.74) is 6.06. The highest BCUT2D eigenvalue weighted by molar-refractivity contribution is 5.69. The van der Waals surface area contributed by atoms with Crippen LogP contribution in [0.5, 0.6) is 0 Å². The molecule has 1 heterocycles. The van der Waals surface area contributed by atoms with Gasteiger partial charge in [-0.2, -0.15) is 5.10 Å². The van der Waals surface area contributed by atoms with Gasteiger partial charge in [-0.25, -0.2) is 0 Å². The van der Waals surface area contributed by atoms with Crippen molar-refractivity contribution in [2.24, 2.45) is 0 Å². The SMILES string of the molecule is Nc1cnn(CC(=O)OC2CCCCC2)c1. The van der Waals surface area contributed by atoms with Crippen molar-refractivity contribution < 1.29 is 9.53 Å². The fourth-order valence-electron chi connectivity index (χ4n) is 2.00. The molecule has 1 aromatic heterocycles. The standard InChI is InChI=1S/C11H17N3O2/c12-9-6-13-14(7-9)8-11(15)16-10-4-2-1-3-5-10/h6-7,10H,1-5,8,12H2. The fraction of sp³-hybridized carbons (Fsp3) is 0.636. The summed E-state index contributed by atoms with van der Waals surface area (Å²) in [4.78, 5) is 11.6. The minimum Gasteiger partial charge on any atom is -0.461 e. The highest BCUT2D eigenvalue weighted by Crippen LogP contribution is 2.20. The Balaban J connectivity index is 1.79. The van der Waals surface area contributed by atoms with E-state index in [0.29, 0.717) is 5.69 Å². The van der Waals surface area contributed by atoms with Gasteiger partial charge in [0.25, 0.3) is 0 Å². The summed E-state index contributed by atoms with van der Waals surface area (Å²) < 4.78 is 6.86. The summed E-state index contributed by atoms with van der Waals surface area (Å²) in [6, 6.07) is 0. The van der Waals surface area contributed by atoms with Crippen LogP contribution in [-0.2, 0) is 16.1 Å². The predicted octanol–water partition coefficient (Wildman–Crippen LogP) is 1.34. The number of hydrogen-bond donors (Lipinski definition) is 1. The average molecular weight is 223 g/mol. The normalized spacial score (nSPS) is 17.2. The van der Waals surface area contributed by atoms with Crippen molar-refractivity contribution in [2.75, 3.05) is 5.73 Å². The Labute approximate surface area is 94.6 Å². The lowest BCUT2D eigenvalue weighted by molar-refractivity contribution is -0.151. The highest BCUT2D eigenvalue weighted by Gasteiger charge is 2.17. The monoisotopic (exact) mass is 223 g/mol. The maximum absolute atomic E-state index is 11.6. The maximum atomic E-state index is 11.6. The van der Waals surface area contributed by atoms with E-state index in [9.17, 15) is 4.79 Å². The number of ether oxygens (including phenoxy) is 1. The molecule has 1 aliphatic rings. The van der Waals surface area contributed by atoms with Crippen molar-refractivity contribution in [1.29, 1.82) is 0 Å². The Morgan fingerprint density at radius 1 is 1.50 bits per heavy atom. The minimum atomic E-state index is -0.227. The van der Waals surface area contributed by atoms with E-state index in [1.807, 2.05) is 0 Å². The molecule has 0 atom stereocenters. The predicted molar refractivity (Wildman–Crippen MR) is 59.6 cm³/mol. The Bertz CT molecular complexity index is 356. The zero-order valence-electron chi connectivity index (χ0n) is 9.26. The fourth-order valence-corrected chi connectivity index (χ4v) is 2.00. The van der Waals surface area contributed by atoms with Gasteiger partial charge >= 0.3 is 5.97 Å². The molecule has 16 heavy (non-hydrogen) atoms. The van der Waals surface area contributed by atoms with Gasteiger partial charge in [-0.1, -0.05) is 6.42 Å². The first-order chi connectivity index (χ1) is 7.74. The van der Waals surface area contributed by atoms with Crippen LogP contribution in [0.3, 0.4) is 0 Å². The third-order valence-electron chi connectivity index (χ3n) is 2.79. The molecule has 2 N–H and O–H groups in total. The summed E-state index contributed by atoms with van der Waals surface area (Å²) in [5.74, 6) is -0.227. The molecule has 5 heteroatoms. The number of nitrogens with two attached hydrogens (primary N) is 1. The Morgan fingerprint density at radius 2 is 2.25 bits per heavy atom. The topological polar surface area (TPSA) is 70.1 Å². The van der Waals surface area contributed by atoms with Gasteiger partial charge < -0.3 is 10.5 Å². The number of carbonyl (C=O) groups is 1. The van der Waals surface area contributed by atoms with Crippen LogP contribution in [0.1, 0.15) is 32.1 Å². The number of nitrogens with zero attached hydrogens (tertiary/aromatic N) is 2. The first-order valence-corrected chi connectivity index (χ1v) is 5.71. The van der Waals surface area contributed by atoms with E-state index in [2.05, 4.69) is 5.10 Å². The van der Waals surface area contributed by atoms with E-state index in [-0.39, 0.29) is 18.6 Å². The number of esters is 1. The van der Waals surface area contributed by atoms with Crippen molar-refractivity contribution in [3.63, 3.8) is 0 Å². The molecule has 88 valence electrons. The maximum Gasteiger partial charge on any atom is 0.328 e. The molecular formula is C11H17N3O2. The van der Waals surface area contributed by atoms with Gasteiger partial charge in [0.1, 0.15) is 12.6 Å². The van der Waals surface area contributed by atoms with Gasteiger partial charge in [-0.15, -0.1) is 0 Å². The third-order valence-corrected chi connectivity index (χ3v) is 2.79. The second kappa shape index (κ2) is 5.01. The quantitative estimate of drug-likeness (QED) is 0.785. The van der Waals surface area contributed by atoms with Crippen LogP contribution in [0.2, 0.25) is 0 Å². The molecule has 1 saturated carbocycles. The molecule has 0 spiro atoms. The molecule has 2 rings (SSSR count). The molecule has 0 amide bonds. The zero-order chi connectivity index (χ0) is 11.4. The first-order valence-electron chi connectivity index (χ1n) is 5.71. The van der Waals surface area contributed by atoms with Crippen molar-refractivity contribution in [3.05, 3.63) is 12.4 Å². The lowest BCUT2D eigenvalue weighted by Crippen LogP contribution is -2.23. The Morgan fingerprint density at radius 3 is 2.88 bits per heavy atom. The molecule has 0 aliphatic heterocycles. The molecule has 1 fully saturated rings. The highest BCUT2D eigenvalue weighted by atomic mass is 16.5. The molecular weight excluding hydrogens is 206 g/mol. The molecule has 0 unspecified atom stereocenters. The van der Waals surface area contributed by atoms with E-state index >= 15 is 0 Å². The van der Waals surface area contributed by atoms with Crippen LogP contribution >= 0.6 is 0 Å². The number of hydrogen-bond acceptors (Lipinski definition) is 4. The number of nitrogen functional groups attached to an aromatic ring is 1. The molecule has 1 aromatic rings. The summed E-state index contributed by atoms with van der Waals surface area (Å²) in [6.07, 6.45) is 8.81. The molecule has 1 aliphatic carbocycles. The Hall–Kier alpha value is -1.52. The summed E-state index contributed by atoms with van der Waals surface area (Å²) >= 11 is 0. The van der Waals surface area contributed by atoms with Crippen molar-refractivity contribution in [2.45, 2.75) is 44.8 Å². The summed E-state index contributed by atoms with van der Waals surface area (Å²) in [5, 5.41) is 3.94. The molecule has 0 aromatic carbocycles. The summed E-state index contributed by atoms with van der Waals surface area (Å²) in [6.45, 7) is 0.147. The zero-order valence-corrected chi connectivity index (χ0v) is 9.26. The van der Waals surface area contributed by atoms with Crippen LogP contribution in [0.25, 0.3) is 0 Å². The van der Waals surface area contributed by atoms with Gasteiger partial charge in [0.15, 0.2) is 0 Å². The second-order valence-electron chi connectivity index (χ2n) is 4.22. The summed E-state index contributed by atoms with van der Waals surface area (Å²) in [7, 11) is 0. The van der Waals surface area contributed by atoms with Gasteiger partial charge in [0, 0.05) is 6.20 Å². The van der Waals surface area contributed by atoms with Crippen LogP contribution in [0.15, 0.2) is 12.4 Å². The molecule has 5 nitrogen and oxygen atoms in total. The van der Waals surface area contributed by atoms with E-state index in [0.717, 1.165) is 25.7 Å². The van der Waals surface area contributed by atoms with Crippen molar-refractivity contribution in [3.8, 4) is 0 Å². The smallest absolute Gasteiger partial charge is 0.328 e. The molecule has 0 saturated heterocycles. The van der Waals surface area contributed by atoms with E-state index < -0.39 is 0 Å². The lowest BCUT2D eigenvalue weighted by atomic mass is 9.98. The molecule has 0 radical (unpaired) electrons. The third kappa shape index (κ3) is 2.98. The minimum absolute atomic E-state index is 0.106. The number of rotatable bonds is 3. The second-order valence-corrected chi connectivity index (χ2v) is 4.22. The van der Waals surface area contributed by atoms with Gasteiger partial charge in [0.05, 0.1) is 11.9 Å². The van der Waals surface area contributed by atoms with Gasteiger partial charge in [0.2, 0.25) is 0 Å². The van der Waals surface area contributed by atoms with Crippen molar-refractivity contribution in [1.82, 2.24) is 9.78 Å². The number of aromatic nitrogens is 2. The number of anilines is 1. The van der Waals surface area contributed by atoms with Gasteiger partial charge in [-0.05, 0) is 25.7 Å². The number of carbonyl (C=O) groups excluding carboxylic acids is 1. The van der Waals surface area contributed by atoms with Crippen LogP contribution < -0.4 is 5.73 Å². The van der Waals surface area contributed by atoms with Crippen LogP contribution in [-0.4, -0.2) is 21.9 Å². The average Bonchev–Trinajstić information content (AvgIpc) is 2.65. The van der Waals surface area contributed by atoms with E-state index in [1.165, 1.54) is 17.3 Å². The Kier molecular flexibility index (Phi) is 3.44. The van der Waals surface area contributed by atoms with E-state index in [1.54, 1.807) is 6.20 Å². The van der Waals surface area contributed by atoms with Crippen LogP contribution in [0, 0.1) is 0 Å². The van der Waals surface area contributed by atoms with E-state index in [4.69, 9.17) is 10.5 Å². The largest absolute Gasteiger partial charge is 0.461 e. The van der Waals surface area contributed by atoms with Gasteiger partial charge in [-0.3, -0.25) is 9.48 Å². The lowest BCUT2D eigenvalue weighted by Gasteiger charge is -2.21. The van der Waals surface area contributed by atoms with Crippen molar-refractivity contribution >= 4 is 11.7 Å². The first kappa shape index (κ1) is 11.0. The van der Waals surface area contributed by atoms with Crippen LogP contribution in [0.4, 0.5) is 5.69 Å². The molecule has 0 bridgehead atoms.